The SMILES string of the molecule is O=C1OC(c2ccccc2F)=NC1=Cc1ccc(F)cc1. The predicted molar refractivity (Wildman–Crippen MR) is 73.4 cm³/mol. The molecule has 3 rings (SSSR count). The molecule has 0 radical (unpaired) electrons. The minimum atomic E-state index is -0.669. The summed E-state index contributed by atoms with van der Waals surface area (Å²) < 4.78 is 31.4. The molecule has 0 aliphatic carbocycles. The largest absolute Gasteiger partial charge is 0.402 e. The molecule has 0 atom stereocenters. The lowest BCUT2D eigenvalue weighted by Gasteiger charge is -1.99. The summed E-state index contributed by atoms with van der Waals surface area (Å²) in [5, 5.41) is 0. The Labute approximate surface area is 119 Å². The fourth-order valence-corrected chi connectivity index (χ4v) is 1.88. The van der Waals surface area contributed by atoms with Crippen LogP contribution < -0.4 is 0 Å². The average Bonchev–Trinajstić information content (AvgIpc) is 2.83. The van der Waals surface area contributed by atoms with Gasteiger partial charge in [0.25, 0.3) is 0 Å². The van der Waals surface area contributed by atoms with Crippen molar-refractivity contribution >= 4 is 17.9 Å². The molecular formula is C16H9F2NO2. The molecule has 2 aromatic carbocycles. The van der Waals surface area contributed by atoms with Crippen molar-refractivity contribution in [1.82, 2.24) is 0 Å². The second-order valence-corrected chi connectivity index (χ2v) is 4.37. The third kappa shape index (κ3) is 2.72. The van der Waals surface area contributed by atoms with E-state index in [4.69, 9.17) is 4.74 Å². The van der Waals surface area contributed by atoms with Gasteiger partial charge in [-0.05, 0) is 35.9 Å². The lowest BCUT2D eigenvalue weighted by atomic mass is 10.2. The van der Waals surface area contributed by atoms with Crippen LogP contribution in [0.25, 0.3) is 6.08 Å². The Kier molecular flexibility index (Phi) is 3.31. The Hall–Kier alpha value is -2.82. The number of hydrogen-bond donors (Lipinski definition) is 0. The monoisotopic (exact) mass is 285 g/mol. The van der Waals surface area contributed by atoms with Crippen LogP contribution in [0.4, 0.5) is 8.78 Å². The molecule has 0 N–H and O–H groups in total. The van der Waals surface area contributed by atoms with Crippen molar-refractivity contribution in [3.05, 3.63) is 77.0 Å². The number of carbonyl (C=O) groups excluding carboxylic acids is 1. The van der Waals surface area contributed by atoms with Crippen LogP contribution in [-0.2, 0) is 9.53 Å². The molecule has 2 aromatic rings. The Balaban J connectivity index is 1.96. The highest BCUT2D eigenvalue weighted by Crippen LogP contribution is 2.20. The van der Waals surface area contributed by atoms with Crippen LogP contribution in [-0.4, -0.2) is 11.9 Å². The van der Waals surface area contributed by atoms with Crippen LogP contribution in [0.2, 0.25) is 0 Å². The number of esters is 1. The zero-order valence-corrected chi connectivity index (χ0v) is 10.7. The van der Waals surface area contributed by atoms with E-state index >= 15 is 0 Å². The second-order valence-electron chi connectivity index (χ2n) is 4.37. The maximum Gasteiger partial charge on any atom is 0.363 e. The number of aliphatic imine (C=N–C) groups is 1. The Morgan fingerprint density at radius 2 is 1.71 bits per heavy atom. The van der Waals surface area contributed by atoms with Crippen molar-refractivity contribution in [3.63, 3.8) is 0 Å². The van der Waals surface area contributed by atoms with E-state index in [1.165, 1.54) is 48.5 Å². The first-order valence-electron chi connectivity index (χ1n) is 6.16. The molecule has 5 heteroatoms. The molecule has 0 spiro atoms. The lowest BCUT2D eigenvalue weighted by molar-refractivity contribution is -0.129. The van der Waals surface area contributed by atoms with Crippen molar-refractivity contribution in [2.45, 2.75) is 0 Å². The topological polar surface area (TPSA) is 38.7 Å². The van der Waals surface area contributed by atoms with Crippen molar-refractivity contribution in [2.24, 2.45) is 4.99 Å². The van der Waals surface area contributed by atoms with Gasteiger partial charge in [-0.15, -0.1) is 0 Å². The molecule has 21 heavy (non-hydrogen) atoms. The molecule has 1 aliphatic heterocycles. The molecule has 0 unspecified atom stereocenters. The Bertz CT molecular complexity index is 764. The number of hydrogen-bond acceptors (Lipinski definition) is 3. The normalized spacial score (nSPS) is 16.0. The van der Waals surface area contributed by atoms with E-state index < -0.39 is 11.8 Å². The Morgan fingerprint density at radius 1 is 1.00 bits per heavy atom. The molecule has 0 bridgehead atoms. The molecule has 1 heterocycles. The molecule has 0 saturated heterocycles. The predicted octanol–water partition coefficient (Wildman–Crippen LogP) is 3.31. The fraction of sp³-hybridized carbons (Fsp3) is 0. The van der Waals surface area contributed by atoms with Crippen LogP contribution >= 0.6 is 0 Å². The molecule has 0 amide bonds. The summed E-state index contributed by atoms with van der Waals surface area (Å²) in [6, 6.07) is 11.4. The van der Waals surface area contributed by atoms with Gasteiger partial charge in [-0.1, -0.05) is 24.3 Å². The van der Waals surface area contributed by atoms with E-state index in [1.54, 1.807) is 6.07 Å². The van der Waals surface area contributed by atoms with Crippen molar-refractivity contribution in [3.8, 4) is 0 Å². The third-order valence-corrected chi connectivity index (χ3v) is 2.90. The summed E-state index contributed by atoms with van der Waals surface area (Å²) in [4.78, 5) is 15.7. The highest BCUT2D eigenvalue weighted by Gasteiger charge is 2.25. The first kappa shape index (κ1) is 13.2. The van der Waals surface area contributed by atoms with Gasteiger partial charge in [0.1, 0.15) is 11.6 Å². The van der Waals surface area contributed by atoms with Crippen LogP contribution in [0.5, 0.6) is 0 Å². The van der Waals surface area contributed by atoms with E-state index in [0.29, 0.717) is 5.56 Å². The maximum atomic E-state index is 13.6. The summed E-state index contributed by atoms with van der Waals surface area (Å²) in [5.41, 5.74) is 0.759. The summed E-state index contributed by atoms with van der Waals surface area (Å²) in [6.45, 7) is 0. The van der Waals surface area contributed by atoms with Crippen molar-refractivity contribution < 1.29 is 18.3 Å². The zero-order valence-electron chi connectivity index (χ0n) is 10.7. The highest BCUT2D eigenvalue weighted by molar-refractivity contribution is 6.12. The van der Waals surface area contributed by atoms with E-state index in [2.05, 4.69) is 4.99 Å². The molecule has 0 fully saturated rings. The first-order valence-corrected chi connectivity index (χ1v) is 6.16. The van der Waals surface area contributed by atoms with Crippen molar-refractivity contribution in [1.29, 1.82) is 0 Å². The van der Waals surface area contributed by atoms with E-state index in [-0.39, 0.29) is 23.0 Å². The van der Waals surface area contributed by atoms with Gasteiger partial charge in [-0.25, -0.2) is 18.6 Å². The van der Waals surface area contributed by atoms with Gasteiger partial charge >= 0.3 is 5.97 Å². The van der Waals surface area contributed by atoms with Gasteiger partial charge in [0.05, 0.1) is 5.56 Å². The van der Waals surface area contributed by atoms with E-state index in [0.717, 1.165) is 0 Å². The molecule has 0 aromatic heterocycles. The number of halogens is 2. The van der Waals surface area contributed by atoms with E-state index in [1.807, 2.05) is 0 Å². The molecule has 0 saturated carbocycles. The summed E-state index contributed by atoms with van der Waals surface area (Å²) in [7, 11) is 0. The molecule has 3 nitrogen and oxygen atoms in total. The zero-order chi connectivity index (χ0) is 14.8. The number of benzene rings is 2. The van der Waals surface area contributed by atoms with Crippen LogP contribution in [0.1, 0.15) is 11.1 Å². The standard InChI is InChI=1S/C16H9F2NO2/c17-11-7-5-10(6-8-11)9-14-16(20)21-15(19-14)12-3-1-2-4-13(12)18/h1-9H. The minimum Gasteiger partial charge on any atom is -0.402 e. The summed E-state index contributed by atoms with van der Waals surface area (Å²) >= 11 is 0. The van der Waals surface area contributed by atoms with Gasteiger partial charge in [0, 0.05) is 0 Å². The molecule has 1 aliphatic rings. The van der Waals surface area contributed by atoms with Gasteiger partial charge in [0.15, 0.2) is 5.70 Å². The first-order chi connectivity index (χ1) is 10.1. The van der Waals surface area contributed by atoms with Gasteiger partial charge in [-0.2, -0.15) is 0 Å². The summed E-state index contributed by atoms with van der Waals surface area (Å²) in [6.07, 6.45) is 1.45. The van der Waals surface area contributed by atoms with Crippen LogP contribution in [0.15, 0.2) is 59.2 Å². The maximum absolute atomic E-state index is 13.6. The minimum absolute atomic E-state index is 0.0415. The van der Waals surface area contributed by atoms with Gasteiger partial charge < -0.3 is 4.74 Å². The lowest BCUT2D eigenvalue weighted by Crippen LogP contribution is -2.07. The molecular weight excluding hydrogens is 276 g/mol. The smallest absolute Gasteiger partial charge is 0.363 e. The number of ether oxygens (including phenoxy) is 1. The number of rotatable bonds is 2. The quantitative estimate of drug-likeness (QED) is 0.627. The average molecular weight is 285 g/mol. The molecule has 104 valence electrons. The fourth-order valence-electron chi connectivity index (χ4n) is 1.88. The number of nitrogens with zero attached hydrogens (tertiary/aromatic N) is 1. The number of cyclic esters (lactones) is 1. The van der Waals surface area contributed by atoms with Gasteiger partial charge in [0.2, 0.25) is 5.90 Å². The summed E-state index contributed by atoms with van der Waals surface area (Å²) in [5.74, 6) is -1.64. The third-order valence-electron chi connectivity index (χ3n) is 2.90. The van der Waals surface area contributed by atoms with E-state index in [9.17, 15) is 13.6 Å². The highest BCUT2D eigenvalue weighted by atomic mass is 19.1. The second kappa shape index (κ2) is 5.28. The van der Waals surface area contributed by atoms with Crippen LogP contribution in [0, 0.1) is 11.6 Å². The number of carbonyl (C=O) groups is 1. The Morgan fingerprint density at radius 3 is 2.43 bits per heavy atom. The van der Waals surface area contributed by atoms with Gasteiger partial charge in [-0.3, -0.25) is 0 Å². The van der Waals surface area contributed by atoms with Crippen molar-refractivity contribution in [2.75, 3.05) is 0 Å². The van der Waals surface area contributed by atoms with Crippen LogP contribution in [0.3, 0.4) is 0 Å².